The molecule has 0 radical (unpaired) electrons. The van der Waals surface area contributed by atoms with Crippen LogP contribution in [-0.4, -0.2) is 42.5 Å². The third kappa shape index (κ3) is 7.41. The standard InChI is InChI=1S/C27H27FN6O3S.ClH/c28-25-23(34-38(35,36)18-19-7-2-1-3-8-19)11-4-12-24(25)37-26-21(10-6-15-30-26)22-13-16-31-27(33-22)32-20-9-5-14-29-17-20;/h1-4,6-8,10-13,15-16,20,29,34H,5,9,14,17-18H2,(H,31,32,33);1H. The summed E-state index contributed by atoms with van der Waals surface area (Å²) in [5, 5.41) is 6.69. The normalized spacial score (nSPS) is 15.2. The fourth-order valence-electron chi connectivity index (χ4n) is 4.17. The molecule has 1 saturated heterocycles. The number of sulfonamides is 1. The van der Waals surface area contributed by atoms with Gasteiger partial charge in [-0.05, 0) is 55.3 Å². The summed E-state index contributed by atoms with van der Waals surface area (Å²) in [7, 11) is -3.86. The predicted octanol–water partition coefficient (Wildman–Crippen LogP) is 5.00. The highest BCUT2D eigenvalue weighted by Crippen LogP contribution is 2.34. The van der Waals surface area contributed by atoms with Gasteiger partial charge in [-0.15, -0.1) is 12.4 Å². The van der Waals surface area contributed by atoms with Crippen molar-refractivity contribution < 1.29 is 17.5 Å². The number of pyridine rings is 1. The van der Waals surface area contributed by atoms with Gasteiger partial charge in [-0.3, -0.25) is 4.72 Å². The van der Waals surface area contributed by atoms with E-state index in [1.54, 1.807) is 54.7 Å². The third-order valence-corrected chi connectivity index (χ3v) is 7.21. The van der Waals surface area contributed by atoms with E-state index in [0.29, 0.717) is 22.8 Å². The Labute approximate surface area is 232 Å². The summed E-state index contributed by atoms with van der Waals surface area (Å²) < 4.78 is 48.8. The molecule has 0 spiro atoms. The molecule has 1 aliphatic heterocycles. The Kier molecular flexibility index (Phi) is 9.28. The Morgan fingerprint density at radius 1 is 1.00 bits per heavy atom. The van der Waals surface area contributed by atoms with E-state index in [1.807, 2.05) is 0 Å². The zero-order chi connectivity index (χ0) is 26.4. The first-order valence-corrected chi connectivity index (χ1v) is 13.9. The van der Waals surface area contributed by atoms with Crippen molar-refractivity contribution in [2.24, 2.45) is 0 Å². The second-order valence-corrected chi connectivity index (χ2v) is 10.6. The molecule has 2 aromatic heterocycles. The van der Waals surface area contributed by atoms with Gasteiger partial charge in [-0.2, -0.15) is 0 Å². The number of halogens is 2. The molecule has 2 aromatic carbocycles. The van der Waals surface area contributed by atoms with Crippen molar-refractivity contribution >= 4 is 34.1 Å². The van der Waals surface area contributed by atoms with Crippen LogP contribution in [0.25, 0.3) is 11.3 Å². The van der Waals surface area contributed by atoms with Crippen molar-refractivity contribution in [1.82, 2.24) is 20.3 Å². The summed E-state index contributed by atoms with van der Waals surface area (Å²) >= 11 is 0. The van der Waals surface area contributed by atoms with E-state index >= 15 is 4.39 Å². The van der Waals surface area contributed by atoms with Gasteiger partial charge < -0.3 is 15.4 Å². The highest BCUT2D eigenvalue weighted by molar-refractivity contribution is 7.91. The number of nitrogens with one attached hydrogen (secondary N) is 3. The van der Waals surface area contributed by atoms with Gasteiger partial charge in [0.1, 0.15) is 0 Å². The summed E-state index contributed by atoms with van der Waals surface area (Å²) in [5.41, 5.74) is 1.46. The van der Waals surface area contributed by atoms with E-state index in [-0.39, 0.29) is 41.5 Å². The second-order valence-electron chi connectivity index (χ2n) is 8.88. The van der Waals surface area contributed by atoms with Gasteiger partial charge in [-0.25, -0.2) is 27.8 Å². The maximum absolute atomic E-state index is 15.4. The molecule has 0 bridgehead atoms. The van der Waals surface area contributed by atoms with Gasteiger partial charge >= 0.3 is 0 Å². The van der Waals surface area contributed by atoms with E-state index in [2.05, 4.69) is 30.3 Å². The molecule has 0 amide bonds. The fourth-order valence-corrected chi connectivity index (χ4v) is 5.37. The molecule has 39 heavy (non-hydrogen) atoms. The summed E-state index contributed by atoms with van der Waals surface area (Å²) in [4.78, 5) is 13.2. The summed E-state index contributed by atoms with van der Waals surface area (Å²) in [6, 6.07) is 18.4. The Bertz CT molecular complexity index is 1500. The Morgan fingerprint density at radius 2 is 1.85 bits per heavy atom. The van der Waals surface area contributed by atoms with Crippen molar-refractivity contribution in [3.05, 3.63) is 90.5 Å². The molecule has 204 valence electrons. The van der Waals surface area contributed by atoms with Crippen molar-refractivity contribution in [2.45, 2.75) is 24.6 Å². The lowest BCUT2D eigenvalue weighted by Crippen LogP contribution is -2.38. The Hall–Kier alpha value is -3.80. The molecule has 4 aromatic rings. The first-order chi connectivity index (χ1) is 18.5. The quantitative estimate of drug-likeness (QED) is 0.257. The summed E-state index contributed by atoms with van der Waals surface area (Å²) in [5.74, 6) is -0.711. The zero-order valence-electron chi connectivity index (χ0n) is 20.9. The van der Waals surface area contributed by atoms with Gasteiger partial charge in [0.15, 0.2) is 11.6 Å². The van der Waals surface area contributed by atoms with Gasteiger partial charge in [0.25, 0.3) is 0 Å². The molecule has 3 N–H and O–H groups in total. The van der Waals surface area contributed by atoms with Crippen LogP contribution in [-0.2, 0) is 15.8 Å². The number of anilines is 2. The van der Waals surface area contributed by atoms with Crippen LogP contribution in [0.2, 0.25) is 0 Å². The molecule has 1 fully saturated rings. The lowest BCUT2D eigenvalue weighted by molar-refractivity contribution is 0.430. The first kappa shape index (κ1) is 28.2. The molecule has 9 nitrogen and oxygen atoms in total. The minimum atomic E-state index is -3.86. The molecule has 0 saturated carbocycles. The van der Waals surface area contributed by atoms with Crippen molar-refractivity contribution in [1.29, 1.82) is 0 Å². The van der Waals surface area contributed by atoms with Crippen molar-refractivity contribution in [2.75, 3.05) is 23.1 Å². The zero-order valence-corrected chi connectivity index (χ0v) is 22.5. The third-order valence-electron chi connectivity index (χ3n) is 5.97. The van der Waals surface area contributed by atoms with E-state index in [4.69, 9.17) is 4.74 Å². The molecule has 1 aliphatic rings. The number of piperidine rings is 1. The van der Waals surface area contributed by atoms with Crippen LogP contribution in [0.4, 0.5) is 16.0 Å². The van der Waals surface area contributed by atoms with Gasteiger partial charge in [0.05, 0.1) is 22.7 Å². The number of hydrogen-bond donors (Lipinski definition) is 3. The molecule has 0 aliphatic carbocycles. The van der Waals surface area contributed by atoms with E-state index in [9.17, 15) is 8.42 Å². The molecule has 1 atom stereocenters. The molecule has 12 heteroatoms. The van der Waals surface area contributed by atoms with Crippen LogP contribution in [0.3, 0.4) is 0 Å². The van der Waals surface area contributed by atoms with Crippen molar-refractivity contribution in [3.63, 3.8) is 0 Å². The predicted molar refractivity (Wildman–Crippen MR) is 151 cm³/mol. The molecule has 5 rings (SSSR count). The average molecular weight is 571 g/mol. The van der Waals surface area contributed by atoms with Gasteiger partial charge in [-0.1, -0.05) is 36.4 Å². The monoisotopic (exact) mass is 570 g/mol. The number of nitrogens with zero attached hydrogens (tertiary/aromatic N) is 3. The molecular weight excluding hydrogens is 543 g/mol. The summed E-state index contributed by atoms with van der Waals surface area (Å²) in [6.07, 6.45) is 5.26. The van der Waals surface area contributed by atoms with Crippen LogP contribution in [0, 0.1) is 5.82 Å². The lowest BCUT2D eigenvalue weighted by atomic mass is 10.1. The molecule has 1 unspecified atom stereocenters. The van der Waals surface area contributed by atoms with Crippen LogP contribution in [0.15, 0.2) is 79.1 Å². The maximum atomic E-state index is 15.4. The first-order valence-electron chi connectivity index (χ1n) is 12.2. The number of benzene rings is 2. The fraction of sp³-hybridized carbons (Fsp3) is 0.222. The van der Waals surface area contributed by atoms with Crippen LogP contribution in [0.5, 0.6) is 11.6 Å². The number of hydrogen-bond acceptors (Lipinski definition) is 8. The topological polar surface area (TPSA) is 118 Å². The van der Waals surface area contributed by atoms with Crippen LogP contribution in [0.1, 0.15) is 18.4 Å². The van der Waals surface area contributed by atoms with Gasteiger partial charge in [0, 0.05) is 25.0 Å². The van der Waals surface area contributed by atoms with Crippen LogP contribution < -0.4 is 20.1 Å². The SMILES string of the molecule is Cl.O=S(=O)(Cc1ccccc1)Nc1cccc(Oc2ncccc2-c2ccnc(NC3CCCNC3)n2)c1F. The lowest BCUT2D eigenvalue weighted by Gasteiger charge is -2.23. The van der Waals surface area contributed by atoms with E-state index in [1.165, 1.54) is 24.4 Å². The second kappa shape index (κ2) is 12.8. The highest BCUT2D eigenvalue weighted by Gasteiger charge is 2.19. The Balaban J connectivity index is 0.00000353. The molecule has 3 heterocycles. The average Bonchev–Trinajstić information content (AvgIpc) is 2.92. The number of ether oxygens (including phenoxy) is 1. The minimum Gasteiger partial charge on any atom is -0.435 e. The van der Waals surface area contributed by atoms with Crippen LogP contribution >= 0.6 is 12.4 Å². The Morgan fingerprint density at radius 3 is 2.64 bits per heavy atom. The maximum Gasteiger partial charge on any atom is 0.237 e. The van der Waals surface area contributed by atoms with Crippen molar-refractivity contribution in [3.8, 4) is 22.9 Å². The smallest absolute Gasteiger partial charge is 0.237 e. The van der Waals surface area contributed by atoms with E-state index in [0.717, 1.165) is 25.9 Å². The summed E-state index contributed by atoms with van der Waals surface area (Å²) in [6.45, 7) is 1.83. The largest absolute Gasteiger partial charge is 0.435 e. The highest BCUT2D eigenvalue weighted by atomic mass is 35.5. The molecular formula is C27H28ClFN6O3S. The number of aromatic nitrogens is 3. The van der Waals surface area contributed by atoms with Gasteiger partial charge in [0.2, 0.25) is 21.9 Å². The number of rotatable bonds is 9. The van der Waals surface area contributed by atoms with E-state index < -0.39 is 15.8 Å². The minimum absolute atomic E-state index is 0.